The molecule has 1 fully saturated rings. The molecule has 0 bridgehead atoms. The van der Waals surface area contributed by atoms with Gasteiger partial charge in [0.1, 0.15) is 11.4 Å². The van der Waals surface area contributed by atoms with Crippen LogP contribution in [0.25, 0.3) is 10.9 Å². The standard InChI is InChI=1S/C24H28N4O3/c1-15-11-16(2)18-14-21(25-19(18)12-15)23(29)26-20-13-17(5-6-22(20)31-4)24(30)28-9-7-27(3)8-10-28/h5-6,11-14,25H,7-10H2,1-4H3,(H,26,29). The second kappa shape index (κ2) is 8.43. The molecule has 3 aromatic rings. The van der Waals surface area contributed by atoms with Crippen molar-refractivity contribution in [2.75, 3.05) is 45.7 Å². The van der Waals surface area contributed by atoms with Crippen LogP contribution in [0.2, 0.25) is 0 Å². The molecule has 162 valence electrons. The third-order valence-electron chi connectivity index (χ3n) is 5.82. The number of anilines is 1. The number of aromatic nitrogens is 1. The number of aromatic amines is 1. The van der Waals surface area contributed by atoms with Crippen LogP contribution < -0.4 is 10.1 Å². The van der Waals surface area contributed by atoms with Crippen molar-refractivity contribution in [2.24, 2.45) is 0 Å². The molecule has 7 heteroatoms. The number of carbonyl (C=O) groups is 2. The number of nitrogens with one attached hydrogen (secondary N) is 2. The summed E-state index contributed by atoms with van der Waals surface area (Å²) in [4.78, 5) is 33.2. The predicted octanol–water partition coefficient (Wildman–Crippen LogP) is 3.43. The van der Waals surface area contributed by atoms with E-state index in [4.69, 9.17) is 4.74 Å². The molecule has 1 aromatic heterocycles. The molecule has 2 aromatic carbocycles. The van der Waals surface area contributed by atoms with E-state index in [1.54, 1.807) is 25.3 Å². The van der Waals surface area contributed by atoms with Crippen molar-refractivity contribution in [3.8, 4) is 5.75 Å². The minimum Gasteiger partial charge on any atom is -0.495 e. The Morgan fingerprint density at radius 1 is 1.03 bits per heavy atom. The number of carbonyl (C=O) groups excluding carboxylic acids is 2. The van der Waals surface area contributed by atoms with E-state index in [2.05, 4.69) is 28.3 Å². The Labute approximate surface area is 182 Å². The van der Waals surface area contributed by atoms with Crippen LogP contribution in [-0.4, -0.2) is 66.9 Å². The summed E-state index contributed by atoms with van der Waals surface area (Å²) in [6.45, 7) is 7.14. The summed E-state index contributed by atoms with van der Waals surface area (Å²) in [6, 6.07) is 11.1. The molecule has 2 N–H and O–H groups in total. The largest absolute Gasteiger partial charge is 0.495 e. The lowest BCUT2D eigenvalue weighted by molar-refractivity contribution is 0.0664. The Morgan fingerprint density at radius 2 is 1.77 bits per heavy atom. The van der Waals surface area contributed by atoms with Gasteiger partial charge in [-0.2, -0.15) is 0 Å². The monoisotopic (exact) mass is 420 g/mol. The number of fused-ring (bicyclic) bond motifs is 1. The lowest BCUT2D eigenvalue weighted by atomic mass is 10.1. The molecule has 0 aliphatic carbocycles. The minimum atomic E-state index is -0.282. The number of amides is 2. The number of H-pyrrole nitrogens is 1. The summed E-state index contributed by atoms with van der Waals surface area (Å²) in [5.74, 6) is 0.185. The number of likely N-dealkylation sites (N-methyl/N-ethyl adjacent to an activating group) is 1. The third kappa shape index (κ3) is 4.27. The highest BCUT2D eigenvalue weighted by Crippen LogP contribution is 2.28. The number of nitrogens with zero attached hydrogens (tertiary/aromatic N) is 2. The minimum absolute atomic E-state index is 0.0389. The van der Waals surface area contributed by atoms with Crippen LogP contribution in [0.4, 0.5) is 5.69 Å². The van der Waals surface area contributed by atoms with E-state index in [-0.39, 0.29) is 11.8 Å². The molecule has 1 aliphatic rings. The number of benzene rings is 2. The second-order valence-electron chi connectivity index (χ2n) is 8.19. The quantitative estimate of drug-likeness (QED) is 0.678. The molecular weight excluding hydrogens is 392 g/mol. The zero-order chi connectivity index (χ0) is 22.1. The number of methoxy groups -OCH3 is 1. The molecule has 31 heavy (non-hydrogen) atoms. The van der Waals surface area contributed by atoms with Crippen LogP contribution >= 0.6 is 0 Å². The lowest BCUT2D eigenvalue weighted by Gasteiger charge is -2.32. The highest BCUT2D eigenvalue weighted by Gasteiger charge is 2.22. The van der Waals surface area contributed by atoms with E-state index in [0.29, 0.717) is 35.8 Å². The molecule has 4 rings (SSSR count). The van der Waals surface area contributed by atoms with Gasteiger partial charge >= 0.3 is 0 Å². The summed E-state index contributed by atoms with van der Waals surface area (Å²) >= 11 is 0. The zero-order valence-electron chi connectivity index (χ0n) is 18.4. The predicted molar refractivity (Wildman–Crippen MR) is 122 cm³/mol. The fourth-order valence-electron chi connectivity index (χ4n) is 4.04. The third-order valence-corrected chi connectivity index (χ3v) is 5.82. The Bertz CT molecular complexity index is 1140. The van der Waals surface area contributed by atoms with Crippen molar-refractivity contribution in [1.82, 2.24) is 14.8 Å². The summed E-state index contributed by atoms with van der Waals surface area (Å²) in [7, 11) is 3.59. The maximum atomic E-state index is 13.0. The first-order chi connectivity index (χ1) is 14.9. The first-order valence-corrected chi connectivity index (χ1v) is 10.4. The van der Waals surface area contributed by atoms with Crippen LogP contribution in [0.15, 0.2) is 36.4 Å². The maximum absolute atomic E-state index is 13.0. The van der Waals surface area contributed by atoms with Crippen LogP contribution in [0.1, 0.15) is 32.0 Å². The van der Waals surface area contributed by atoms with E-state index in [0.717, 1.165) is 35.1 Å². The Morgan fingerprint density at radius 3 is 2.48 bits per heavy atom. The smallest absolute Gasteiger partial charge is 0.272 e. The molecule has 0 saturated carbocycles. The van der Waals surface area contributed by atoms with Gasteiger partial charge in [-0.3, -0.25) is 9.59 Å². The van der Waals surface area contributed by atoms with Crippen LogP contribution in [0, 0.1) is 13.8 Å². The summed E-state index contributed by atoms with van der Waals surface area (Å²) in [5.41, 5.74) is 4.64. The van der Waals surface area contributed by atoms with Crippen molar-refractivity contribution in [3.63, 3.8) is 0 Å². The molecule has 0 unspecified atom stereocenters. The molecular formula is C24H28N4O3. The van der Waals surface area contributed by atoms with Crippen molar-refractivity contribution in [1.29, 1.82) is 0 Å². The zero-order valence-corrected chi connectivity index (χ0v) is 18.4. The van der Waals surface area contributed by atoms with Crippen molar-refractivity contribution in [3.05, 3.63) is 58.8 Å². The number of hydrogen-bond donors (Lipinski definition) is 2. The van der Waals surface area contributed by atoms with Gasteiger partial charge in [-0.25, -0.2) is 0 Å². The van der Waals surface area contributed by atoms with Crippen LogP contribution in [0.5, 0.6) is 5.75 Å². The summed E-state index contributed by atoms with van der Waals surface area (Å²) in [6.07, 6.45) is 0. The fourth-order valence-corrected chi connectivity index (χ4v) is 4.04. The molecule has 0 spiro atoms. The van der Waals surface area contributed by atoms with Gasteiger partial charge in [-0.1, -0.05) is 6.07 Å². The topological polar surface area (TPSA) is 77.7 Å². The van der Waals surface area contributed by atoms with E-state index >= 15 is 0 Å². The number of rotatable bonds is 4. The highest BCUT2D eigenvalue weighted by atomic mass is 16.5. The van der Waals surface area contributed by atoms with E-state index in [1.807, 2.05) is 30.9 Å². The number of hydrogen-bond acceptors (Lipinski definition) is 4. The van der Waals surface area contributed by atoms with E-state index < -0.39 is 0 Å². The molecule has 0 radical (unpaired) electrons. The first kappa shape index (κ1) is 20.9. The van der Waals surface area contributed by atoms with Gasteiger partial charge in [0.2, 0.25) is 0 Å². The molecule has 7 nitrogen and oxygen atoms in total. The fraction of sp³-hybridized carbons (Fsp3) is 0.333. The second-order valence-corrected chi connectivity index (χ2v) is 8.19. The number of piperazine rings is 1. The van der Waals surface area contributed by atoms with Gasteiger partial charge in [-0.15, -0.1) is 0 Å². The molecule has 2 amide bonds. The van der Waals surface area contributed by atoms with Gasteiger partial charge in [0, 0.05) is 42.6 Å². The number of aryl methyl sites for hydroxylation is 2. The van der Waals surface area contributed by atoms with Gasteiger partial charge in [0.25, 0.3) is 11.8 Å². The van der Waals surface area contributed by atoms with Gasteiger partial charge < -0.3 is 24.8 Å². The lowest BCUT2D eigenvalue weighted by Crippen LogP contribution is -2.47. The average Bonchev–Trinajstić information content (AvgIpc) is 3.18. The molecule has 1 aliphatic heterocycles. The van der Waals surface area contributed by atoms with Gasteiger partial charge in [-0.05, 0) is 62.4 Å². The van der Waals surface area contributed by atoms with Crippen molar-refractivity contribution in [2.45, 2.75) is 13.8 Å². The Balaban J connectivity index is 1.58. The first-order valence-electron chi connectivity index (χ1n) is 10.4. The van der Waals surface area contributed by atoms with Gasteiger partial charge in [0.05, 0.1) is 12.8 Å². The normalized spacial score (nSPS) is 14.6. The Kier molecular flexibility index (Phi) is 5.69. The highest BCUT2D eigenvalue weighted by molar-refractivity contribution is 6.07. The van der Waals surface area contributed by atoms with E-state index in [1.165, 1.54) is 0 Å². The molecule has 0 atom stereocenters. The van der Waals surface area contributed by atoms with E-state index in [9.17, 15) is 9.59 Å². The number of ether oxygens (including phenoxy) is 1. The van der Waals surface area contributed by atoms with Crippen molar-refractivity contribution < 1.29 is 14.3 Å². The summed E-state index contributed by atoms with van der Waals surface area (Å²) < 4.78 is 5.41. The van der Waals surface area contributed by atoms with Gasteiger partial charge in [0.15, 0.2) is 0 Å². The SMILES string of the molecule is COc1ccc(C(=O)N2CCN(C)CC2)cc1NC(=O)c1cc2c(C)cc(C)cc2[nH]1. The summed E-state index contributed by atoms with van der Waals surface area (Å²) in [5, 5.41) is 3.92. The van der Waals surface area contributed by atoms with Crippen LogP contribution in [0.3, 0.4) is 0 Å². The molecule has 1 saturated heterocycles. The Hall–Kier alpha value is -3.32. The maximum Gasteiger partial charge on any atom is 0.272 e. The van der Waals surface area contributed by atoms with Crippen LogP contribution in [-0.2, 0) is 0 Å². The van der Waals surface area contributed by atoms with Crippen molar-refractivity contribution >= 4 is 28.4 Å². The average molecular weight is 421 g/mol. The molecule has 2 heterocycles.